The summed E-state index contributed by atoms with van der Waals surface area (Å²) in [4.78, 5) is 2.39. The summed E-state index contributed by atoms with van der Waals surface area (Å²) in [6.45, 7) is 2.13. The van der Waals surface area contributed by atoms with Crippen molar-refractivity contribution < 1.29 is 0 Å². The Morgan fingerprint density at radius 1 is 1.43 bits per heavy atom. The molecule has 0 atom stereocenters. The highest BCUT2D eigenvalue weighted by molar-refractivity contribution is 14.1. The van der Waals surface area contributed by atoms with Crippen LogP contribution in [0.5, 0.6) is 0 Å². The predicted molar refractivity (Wildman–Crippen MR) is 64.2 cm³/mol. The molecule has 3 heteroatoms. The summed E-state index contributed by atoms with van der Waals surface area (Å²) in [5, 5.41) is 8.80. The molecule has 0 aliphatic carbocycles. The highest BCUT2D eigenvalue weighted by atomic mass is 127. The third kappa shape index (κ3) is 1.91. The normalized spacial score (nSPS) is 16.0. The minimum absolute atomic E-state index is 0.777. The average Bonchev–Trinajstić information content (AvgIpc) is 2.27. The second-order valence-corrected chi connectivity index (χ2v) is 4.20. The summed E-state index contributed by atoms with van der Waals surface area (Å²) < 4.78 is 1.06. The molecule has 0 N–H and O–H groups in total. The summed E-state index contributed by atoms with van der Waals surface area (Å²) in [5.74, 6) is 0. The molecule has 0 unspecified atom stereocenters. The van der Waals surface area contributed by atoms with Gasteiger partial charge in [0, 0.05) is 13.1 Å². The van der Waals surface area contributed by atoms with Gasteiger partial charge in [-0.05, 0) is 29.7 Å². The minimum Gasteiger partial charge on any atom is -0.290 e. The zero-order valence-electron chi connectivity index (χ0n) is 7.83. The van der Waals surface area contributed by atoms with Crippen LogP contribution in [0.2, 0.25) is 0 Å². The van der Waals surface area contributed by atoms with Crippen LogP contribution in [0.25, 0.3) is 0 Å². The number of nitrogens with zero attached hydrogens (tertiary/aromatic N) is 2. The van der Waals surface area contributed by atoms with Crippen molar-refractivity contribution in [3.05, 3.63) is 34.9 Å². The molecule has 0 amide bonds. The smallest absolute Gasteiger partial charge is 0.0991 e. The van der Waals surface area contributed by atoms with E-state index in [0.29, 0.717) is 0 Å². The van der Waals surface area contributed by atoms with Gasteiger partial charge in [-0.3, -0.25) is 4.90 Å². The summed E-state index contributed by atoms with van der Waals surface area (Å²) >= 11 is 2.38. The molecule has 0 radical (unpaired) electrons. The first-order valence-corrected chi connectivity index (χ1v) is 6.16. The van der Waals surface area contributed by atoms with Crippen molar-refractivity contribution in [2.45, 2.75) is 13.0 Å². The Hall–Kier alpha value is -0.600. The number of fused-ring (bicyclic) bond motifs is 1. The van der Waals surface area contributed by atoms with Crippen LogP contribution >= 0.6 is 22.6 Å². The first-order chi connectivity index (χ1) is 6.83. The van der Waals surface area contributed by atoms with Crippen molar-refractivity contribution in [2.24, 2.45) is 0 Å². The van der Waals surface area contributed by atoms with Crippen LogP contribution in [0.4, 0.5) is 0 Å². The van der Waals surface area contributed by atoms with Crippen LogP contribution in [0.1, 0.15) is 16.7 Å². The SMILES string of the molecule is N#Cc1ccc2c(c1)CN(CI)CC2. The van der Waals surface area contributed by atoms with Crippen LogP contribution in [0, 0.1) is 11.3 Å². The van der Waals surface area contributed by atoms with E-state index in [0.717, 1.165) is 29.6 Å². The van der Waals surface area contributed by atoms with Gasteiger partial charge in [0.1, 0.15) is 0 Å². The molecule has 1 aromatic carbocycles. The average molecular weight is 298 g/mol. The summed E-state index contributed by atoms with van der Waals surface area (Å²) in [6, 6.07) is 8.22. The molecule has 0 aromatic heterocycles. The number of rotatable bonds is 1. The molecule has 1 aromatic rings. The molecule has 0 fully saturated rings. The quantitative estimate of drug-likeness (QED) is 0.452. The van der Waals surface area contributed by atoms with Crippen molar-refractivity contribution in [3.8, 4) is 6.07 Å². The Morgan fingerprint density at radius 3 is 3.00 bits per heavy atom. The van der Waals surface area contributed by atoms with Crippen LogP contribution in [0.3, 0.4) is 0 Å². The number of alkyl halides is 1. The lowest BCUT2D eigenvalue weighted by Crippen LogP contribution is -2.29. The highest BCUT2D eigenvalue weighted by Gasteiger charge is 2.14. The van der Waals surface area contributed by atoms with Crippen molar-refractivity contribution in [3.63, 3.8) is 0 Å². The van der Waals surface area contributed by atoms with E-state index in [4.69, 9.17) is 5.26 Å². The minimum atomic E-state index is 0.777. The molecule has 0 bridgehead atoms. The van der Waals surface area contributed by atoms with Gasteiger partial charge in [0.05, 0.1) is 16.2 Å². The second-order valence-electron chi connectivity index (χ2n) is 3.52. The summed E-state index contributed by atoms with van der Waals surface area (Å²) in [5.41, 5.74) is 3.51. The fraction of sp³-hybridized carbons (Fsp3) is 0.364. The van der Waals surface area contributed by atoms with Crippen LogP contribution in [-0.4, -0.2) is 16.0 Å². The number of halogens is 1. The van der Waals surface area contributed by atoms with Gasteiger partial charge in [0.25, 0.3) is 0 Å². The Morgan fingerprint density at radius 2 is 2.29 bits per heavy atom. The zero-order chi connectivity index (χ0) is 9.97. The number of benzene rings is 1. The van der Waals surface area contributed by atoms with Gasteiger partial charge in [0.2, 0.25) is 0 Å². The third-order valence-corrected chi connectivity index (χ3v) is 3.56. The standard InChI is InChI=1S/C11H11IN2/c12-8-14-4-3-10-2-1-9(6-13)5-11(10)7-14/h1-2,5H,3-4,7-8H2. The molecule has 1 aliphatic heterocycles. The maximum atomic E-state index is 8.80. The topological polar surface area (TPSA) is 27.0 Å². The molecule has 0 saturated heterocycles. The van der Waals surface area contributed by atoms with Gasteiger partial charge in [-0.1, -0.05) is 28.7 Å². The van der Waals surface area contributed by atoms with Crippen molar-refractivity contribution >= 4 is 22.6 Å². The van der Waals surface area contributed by atoms with Gasteiger partial charge in [-0.2, -0.15) is 5.26 Å². The van der Waals surface area contributed by atoms with Crippen molar-refractivity contribution in [2.75, 3.05) is 11.1 Å². The van der Waals surface area contributed by atoms with Crippen molar-refractivity contribution in [1.82, 2.24) is 4.90 Å². The first kappa shape index (κ1) is 9.94. The van der Waals surface area contributed by atoms with Crippen molar-refractivity contribution in [1.29, 1.82) is 5.26 Å². The molecule has 0 spiro atoms. The number of nitriles is 1. The van der Waals surface area contributed by atoms with E-state index in [1.54, 1.807) is 0 Å². The largest absolute Gasteiger partial charge is 0.290 e. The zero-order valence-corrected chi connectivity index (χ0v) is 9.99. The van der Waals surface area contributed by atoms with Gasteiger partial charge < -0.3 is 0 Å². The van der Waals surface area contributed by atoms with E-state index in [1.807, 2.05) is 12.1 Å². The maximum Gasteiger partial charge on any atom is 0.0991 e. The fourth-order valence-electron chi connectivity index (χ4n) is 1.79. The Balaban J connectivity index is 2.31. The number of hydrogen-bond acceptors (Lipinski definition) is 2. The third-order valence-electron chi connectivity index (χ3n) is 2.60. The molecular weight excluding hydrogens is 287 g/mol. The van der Waals surface area contributed by atoms with Gasteiger partial charge >= 0.3 is 0 Å². The molecule has 1 heterocycles. The second kappa shape index (κ2) is 4.28. The fourth-order valence-corrected chi connectivity index (χ4v) is 2.37. The number of hydrogen-bond donors (Lipinski definition) is 0. The molecule has 72 valence electrons. The molecular formula is C11H11IN2. The van der Waals surface area contributed by atoms with E-state index in [-0.39, 0.29) is 0 Å². The lowest BCUT2D eigenvalue weighted by molar-refractivity contribution is 0.306. The first-order valence-electron chi connectivity index (χ1n) is 4.63. The predicted octanol–water partition coefficient (Wildman–Crippen LogP) is 2.31. The Labute approximate surface area is 97.7 Å². The van der Waals surface area contributed by atoms with E-state index in [2.05, 4.69) is 39.6 Å². The van der Waals surface area contributed by atoms with E-state index >= 15 is 0 Å². The van der Waals surface area contributed by atoms with Gasteiger partial charge in [-0.15, -0.1) is 0 Å². The van der Waals surface area contributed by atoms with E-state index in [9.17, 15) is 0 Å². The molecule has 1 aliphatic rings. The lowest BCUT2D eigenvalue weighted by Gasteiger charge is -2.26. The lowest BCUT2D eigenvalue weighted by atomic mass is 9.98. The highest BCUT2D eigenvalue weighted by Crippen LogP contribution is 2.20. The van der Waals surface area contributed by atoms with Crippen LogP contribution in [-0.2, 0) is 13.0 Å². The summed E-state index contributed by atoms with van der Waals surface area (Å²) in [6.07, 6.45) is 1.12. The van der Waals surface area contributed by atoms with Crippen LogP contribution in [0.15, 0.2) is 18.2 Å². The monoisotopic (exact) mass is 298 g/mol. The van der Waals surface area contributed by atoms with E-state index < -0.39 is 0 Å². The molecule has 2 nitrogen and oxygen atoms in total. The Kier molecular flexibility index (Phi) is 3.04. The van der Waals surface area contributed by atoms with Gasteiger partial charge in [0.15, 0.2) is 0 Å². The summed E-state index contributed by atoms with van der Waals surface area (Å²) in [7, 11) is 0. The van der Waals surface area contributed by atoms with Crippen LogP contribution < -0.4 is 0 Å². The van der Waals surface area contributed by atoms with E-state index in [1.165, 1.54) is 11.1 Å². The van der Waals surface area contributed by atoms with Gasteiger partial charge in [-0.25, -0.2) is 0 Å². The molecule has 0 saturated carbocycles. The molecule has 14 heavy (non-hydrogen) atoms. The Bertz CT molecular complexity index is 381. The maximum absolute atomic E-state index is 8.80. The molecule has 2 rings (SSSR count).